The number of rotatable bonds is 5. The van der Waals surface area contributed by atoms with Crippen LogP contribution in [0.25, 0.3) is 0 Å². The second-order valence-electron chi connectivity index (χ2n) is 7.26. The third-order valence-electron chi connectivity index (χ3n) is 3.68. The lowest BCUT2D eigenvalue weighted by Crippen LogP contribution is -2.17. The van der Waals surface area contributed by atoms with Gasteiger partial charge in [0, 0.05) is 27.3 Å². The number of aromatic nitrogens is 2. The van der Waals surface area contributed by atoms with Crippen LogP contribution in [-0.2, 0) is 23.7 Å². The lowest BCUT2D eigenvalue weighted by atomic mass is 9.88. The van der Waals surface area contributed by atoms with Gasteiger partial charge in [0.05, 0.1) is 15.7 Å². The SMILES string of the molecule is CCc1csc(C(C)(C)CCc2cnc(C(C)(C)C)s2)n1. The molecule has 4 heteroatoms. The standard InChI is InChI=1S/C17H26N2S2/c1-7-12-11-20-15(19-12)17(5,6)9-8-13-10-18-14(21-13)16(2,3)4/h10-11H,7-9H2,1-6H3. The van der Waals surface area contributed by atoms with Crippen LogP contribution in [0.3, 0.4) is 0 Å². The smallest absolute Gasteiger partial charge is 0.0984 e. The minimum Gasteiger partial charge on any atom is -0.249 e. The van der Waals surface area contributed by atoms with Crippen LogP contribution in [0, 0.1) is 0 Å². The van der Waals surface area contributed by atoms with Crippen molar-refractivity contribution in [1.82, 2.24) is 9.97 Å². The van der Waals surface area contributed by atoms with Crippen molar-refractivity contribution < 1.29 is 0 Å². The summed E-state index contributed by atoms with van der Waals surface area (Å²) in [5, 5.41) is 4.69. The lowest BCUT2D eigenvalue weighted by Gasteiger charge is -2.21. The van der Waals surface area contributed by atoms with Crippen molar-refractivity contribution in [2.24, 2.45) is 0 Å². The van der Waals surface area contributed by atoms with E-state index in [1.165, 1.54) is 20.6 Å². The van der Waals surface area contributed by atoms with E-state index >= 15 is 0 Å². The van der Waals surface area contributed by atoms with Crippen LogP contribution in [0.1, 0.15) is 68.5 Å². The maximum atomic E-state index is 4.76. The van der Waals surface area contributed by atoms with E-state index in [9.17, 15) is 0 Å². The summed E-state index contributed by atoms with van der Waals surface area (Å²) in [5.41, 5.74) is 1.52. The summed E-state index contributed by atoms with van der Waals surface area (Å²) in [6.45, 7) is 13.4. The third kappa shape index (κ3) is 4.13. The Kier molecular flexibility index (Phi) is 4.89. The summed E-state index contributed by atoms with van der Waals surface area (Å²) in [4.78, 5) is 10.7. The summed E-state index contributed by atoms with van der Waals surface area (Å²) in [6, 6.07) is 0. The predicted octanol–water partition coefficient (Wildman–Crippen LogP) is 5.37. The molecule has 0 aliphatic heterocycles. The second kappa shape index (κ2) is 6.17. The van der Waals surface area contributed by atoms with Gasteiger partial charge in [-0.2, -0.15) is 0 Å². The molecule has 2 rings (SSSR count). The molecule has 0 aromatic carbocycles. The monoisotopic (exact) mass is 322 g/mol. The summed E-state index contributed by atoms with van der Waals surface area (Å²) < 4.78 is 0. The Morgan fingerprint density at radius 2 is 1.81 bits per heavy atom. The molecule has 0 saturated carbocycles. The first-order chi connectivity index (χ1) is 9.72. The molecule has 116 valence electrons. The fourth-order valence-electron chi connectivity index (χ4n) is 2.09. The van der Waals surface area contributed by atoms with Gasteiger partial charge in [-0.25, -0.2) is 9.97 Å². The highest BCUT2D eigenvalue weighted by Gasteiger charge is 2.25. The maximum Gasteiger partial charge on any atom is 0.0984 e. The molecule has 0 saturated heterocycles. The first-order valence-corrected chi connectivity index (χ1v) is 9.32. The molecule has 0 aliphatic carbocycles. The zero-order valence-electron chi connectivity index (χ0n) is 14.0. The van der Waals surface area contributed by atoms with E-state index in [1.54, 1.807) is 11.3 Å². The van der Waals surface area contributed by atoms with Gasteiger partial charge in [-0.3, -0.25) is 0 Å². The molecule has 2 nitrogen and oxygen atoms in total. The Morgan fingerprint density at radius 3 is 2.33 bits per heavy atom. The summed E-state index contributed by atoms with van der Waals surface area (Å²) in [5.74, 6) is 0. The molecular weight excluding hydrogens is 296 g/mol. The Balaban J connectivity index is 2.02. The molecule has 0 unspecified atom stereocenters. The first kappa shape index (κ1) is 16.6. The molecule has 0 N–H and O–H groups in total. The van der Waals surface area contributed by atoms with E-state index in [0.717, 1.165) is 19.3 Å². The molecule has 0 amide bonds. The van der Waals surface area contributed by atoms with Crippen LogP contribution in [0.15, 0.2) is 11.6 Å². The number of aryl methyl sites for hydroxylation is 2. The van der Waals surface area contributed by atoms with Crippen LogP contribution in [0.5, 0.6) is 0 Å². The molecular formula is C17H26N2S2. The zero-order valence-corrected chi connectivity index (χ0v) is 15.6. The average Bonchev–Trinajstić information content (AvgIpc) is 3.05. The van der Waals surface area contributed by atoms with Crippen molar-refractivity contribution in [2.75, 3.05) is 0 Å². The van der Waals surface area contributed by atoms with Gasteiger partial charge in [-0.05, 0) is 19.3 Å². The van der Waals surface area contributed by atoms with Crippen LogP contribution in [0.4, 0.5) is 0 Å². The third-order valence-corrected chi connectivity index (χ3v) is 6.42. The normalized spacial score (nSPS) is 12.9. The molecule has 2 aromatic heterocycles. The second-order valence-corrected chi connectivity index (χ2v) is 9.24. The maximum absolute atomic E-state index is 4.76. The Hall–Kier alpha value is -0.740. The molecule has 0 fully saturated rings. The quantitative estimate of drug-likeness (QED) is 0.739. The molecule has 2 aromatic rings. The highest BCUT2D eigenvalue weighted by molar-refractivity contribution is 7.11. The zero-order chi connectivity index (χ0) is 15.7. The van der Waals surface area contributed by atoms with E-state index in [-0.39, 0.29) is 10.8 Å². The number of hydrogen-bond acceptors (Lipinski definition) is 4. The van der Waals surface area contributed by atoms with Crippen molar-refractivity contribution in [3.05, 3.63) is 32.2 Å². The van der Waals surface area contributed by atoms with E-state index in [1.807, 2.05) is 11.3 Å². The Labute approximate surface area is 136 Å². The van der Waals surface area contributed by atoms with Gasteiger partial charge in [0.25, 0.3) is 0 Å². The fourth-order valence-corrected chi connectivity index (χ4v) is 4.12. The molecule has 0 radical (unpaired) electrons. The number of nitrogens with zero attached hydrogens (tertiary/aromatic N) is 2. The van der Waals surface area contributed by atoms with Crippen LogP contribution in [0.2, 0.25) is 0 Å². The van der Waals surface area contributed by atoms with Crippen LogP contribution in [-0.4, -0.2) is 9.97 Å². The summed E-state index contributed by atoms with van der Waals surface area (Å²) in [6.07, 6.45) is 5.29. The molecule has 0 aliphatic rings. The first-order valence-electron chi connectivity index (χ1n) is 7.62. The summed E-state index contributed by atoms with van der Waals surface area (Å²) >= 11 is 3.66. The van der Waals surface area contributed by atoms with E-state index in [2.05, 4.69) is 58.1 Å². The van der Waals surface area contributed by atoms with Gasteiger partial charge in [0.15, 0.2) is 0 Å². The minimum absolute atomic E-state index is 0.143. The van der Waals surface area contributed by atoms with E-state index < -0.39 is 0 Å². The fraction of sp³-hybridized carbons (Fsp3) is 0.647. The highest BCUT2D eigenvalue weighted by atomic mass is 32.1. The topological polar surface area (TPSA) is 25.8 Å². The Bertz CT molecular complexity index is 588. The van der Waals surface area contributed by atoms with Crippen molar-refractivity contribution in [3.63, 3.8) is 0 Å². The van der Waals surface area contributed by atoms with Gasteiger partial charge >= 0.3 is 0 Å². The van der Waals surface area contributed by atoms with Gasteiger partial charge in [-0.15, -0.1) is 22.7 Å². The van der Waals surface area contributed by atoms with Crippen LogP contribution >= 0.6 is 22.7 Å². The van der Waals surface area contributed by atoms with Gasteiger partial charge < -0.3 is 0 Å². The van der Waals surface area contributed by atoms with Crippen LogP contribution < -0.4 is 0 Å². The van der Waals surface area contributed by atoms with Gasteiger partial charge in [0.1, 0.15) is 0 Å². The Morgan fingerprint density at radius 1 is 1.10 bits per heavy atom. The van der Waals surface area contributed by atoms with Crippen molar-refractivity contribution >= 4 is 22.7 Å². The van der Waals surface area contributed by atoms with Gasteiger partial charge in [0.2, 0.25) is 0 Å². The predicted molar refractivity (Wildman–Crippen MR) is 93.7 cm³/mol. The minimum atomic E-state index is 0.143. The highest BCUT2D eigenvalue weighted by Crippen LogP contribution is 2.33. The van der Waals surface area contributed by atoms with E-state index in [0.29, 0.717) is 0 Å². The number of hydrogen-bond donors (Lipinski definition) is 0. The molecule has 21 heavy (non-hydrogen) atoms. The summed E-state index contributed by atoms with van der Waals surface area (Å²) in [7, 11) is 0. The van der Waals surface area contributed by atoms with Gasteiger partial charge in [-0.1, -0.05) is 41.5 Å². The van der Waals surface area contributed by atoms with Crippen molar-refractivity contribution in [1.29, 1.82) is 0 Å². The molecule has 0 atom stereocenters. The van der Waals surface area contributed by atoms with Crippen molar-refractivity contribution in [3.8, 4) is 0 Å². The average molecular weight is 323 g/mol. The number of thiazole rings is 2. The molecule has 2 heterocycles. The van der Waals surface area contributed by atoms with Crippen molar-refractivity contribution in [2.45, 2.75) is 71.6 Å². The molecule has 0 bridgehead atoms. The molecule has 0 spiro atoms. The van der Waals surface area contributed by atoms with E-state index in [4.69, 9.17) is 4.98 Å². The largest absolute Gasteiger partial charge is 0.249 e. The lowest BCUT2D eigenvalue weighted by molar-refractivity contribution is 0.478.